The van der Waals surface area contributed by atoms with Crippen LogP contribution in [0.1, 0.15) is 25.0 Å². The van der Waals surface area contributed by atoms with Crippen LogP contribution in [0.25, 0.3) is 5.57 Å². The summed E-state index contributed by atoms with van der Waals surface area (Å²) in [7, 11) is 0. The maximum atomic E-state index is 12.0. The Morgan fingerprint density at radius 3 is 2.59 bits per heavy atom. The quantitative estimate of drug-likeness (QED) is 0.785. The van der Waals surface area contributed by atoms with Crippen LogP contribution >= 0.6 is 0 Å². The molecule has 0 spiro atoms. The summed E-state index contributed by atoms with van der Waals surface area (Å²) in [5, 5.41) is 0. The Labute approximate surface area is 130 Å². The van der Waals surface area contributed by atoms with E-state index in [4.69, 9.17) is 9.47 Å². The van der Waals surface area contributed by atoms with E-state index in [0.29, 0.717) is 13.0 Å². The van der Waals surface area contributed by atoms with Crippen molar-refractivity contribution in [3.05, 3.63) is 65.2 Å². The maximum Gasteiger partial charge on any atom is 0.334 e. The summed E-state index contributed by atoms with van der Waals surface area (Å²) >= 11 is 0. The molecule has 0 amide bonds. The Bertz CT molecular complexity index is 730. The third kappa shape index (κ3) is 2.75. The van der Waals surface area contributed by atoms with Crippen molar-refractivity contribution in [2.45, 2.75) is 20.3 Å². The summed E-state index contributed by atoms with van der Waals surface area (Å²) < 4.78 is 11.0. The molecular formula is C19H18O3. The highest BCUT2D eigenvalue weighted by atomic mass is 16.5. The van der Waals surface area contributed by atoms with E-state index in [-0.39, 0.29) is 5.97 Å². The number of esters is 1. The van der Waals surface area contributed by atoms with Crippen molar-refractivity contribution in [3.8, 4) is 11.5 Å². The molecule has 1 aliphatic carbocycles. The lowest BCUT2D eigenvalue weighted by Crippen LogP contribution is -2.08. The maximum absolute atomic E-state index is 12.0. The lowest BCUT2D eigenvalue weighted by molar-refractivity contribution is -0.138. The summed E-state index contributed by atoms with van der Waals surface area (Å²) in [6.07, 6.45) is 0.603. The van der Waals surface area contributed by atoms with Gasteiger partial charge in [-0.25, -0.2) is 4.79 Å². The molecule has 0 aromatic heterocycles. The zero-order valence-electron chi connectivity index (χ0n) is 12.8. The lowest BCUT2D eigenvalue weighted by atomic mass is 10.1. The minimum Gasteiger partial charge on any atom is -0.463 e. The molecule has 1 aliphatic rings. The minimum absolute atomic E-state index is 0.221. The van der Waals surface area contributed by atoms with Crippen LogP contribution in [0.2, 0.25) is 0 Å². The fourth-order valence-corrected chi connectivity index (χ4v) is 2.70. The molecule has 3 nitrogen and oxygen atoms in total. The van der Waals surface area contributed by atoms with Gasteiger partial charge in [0.25, 0.3) is 0 Å². The van der Waals surface area contributed by atoms with Gasteiger partial charge in [0.05, 0.1) is 6.61 Å². The van der Waals surface area contributed by atoms with Gasteiger partial charge in [0, 0.05) is 12.0 Å². The Balaban J connectivity index is 1.82. The molecule has 2 aromatic rings. The molecule has 0 aliphatic heterocycles. The fraction of sp³-hybridized carbons (Fsp3) is 0.211. The third-order valence-corrected chi connectivity index (χ3v) is 3.80. The van der Waals surface area contributed by atoms with E-state index < -0.39 is 0 Å². The van der Waals surface area contributed by atoms with E-state index >= 15 is 0 Å². The number of carbonyl (C=O) groups excluding carboxylic acids is 1. The molecule has 0 saturated heterocycles. The van der Waals surface area contributed by atoms with E-state index in [1.807, 2.05) is 62.4 Å². The van der Waals surface area contributed by atoms with Crippen LogP contribution in [0.3, 0.4) is 0 Å². The zero-order chi connectivity index (χ0) is 15.5. The van der Waals surface area contributed by atoms with E-state index in [9.17, 15) is 4.79 Å². The Kier molecular flexibility index (Phi) is 3.96. The van der Waals surface area contributed by atoms with Gasteiger partial charge in [-0.1, -0.05) is 24.3 Å². The van der Waals surface area contributed by atoms with Crippen molar-refractivity contribution in [1.29, 1.82) is 0 Å². The van der Waals surface area contributed by atoms with E-state index in [0.717, 1.165) is 33.8 Å². The van der Waals surface area contributed by atoms with Crippen molar-refractivity contribution >= 4 is 11.5 Å². The fourth-order valence-electron chi connectivity index (χ4n) is 2.70. The molecule has 0 radical (unpaired) electrons. The van der Waals surface area contributed by atoms with Crippen molar-refractivity contribution in [2.24, 2.45) is 0 Å². The Morgan fingerprint density at radius 2 is 1.86 bits per heavy atom. The van der Waals surface area contributed by atoms with Gasteiger partial charge >= 0.3 is 5.97 Å². The van der Waals surface area contributed by atoms with Crippen LogP contribution in [-0.4, -0.2) is 12.6 Å². The number of hydrogen-bond acceptors (Lipinski definition) is 3. The molecule has 2 aromatic carbocycles. The number of rotatable bonds is 4. The van der Waals surface area contributed by atoms with E-state index in [2.05, 4.69) is 0 Å². The number of ether oxygens (including phenoxy) is 2. The summed E-state index contributed by atoms with van der Waals surface area (Å²) in [5.74, 6) is 1.36. The van der Waals surface area contributed by atoms with Crippen LogP contribution in [-0.2, 0) is 16.0 Å². The van der Waals surface area contributed by atoms with Gasteiger partial charge in [-0.15, -0.1) is 0 Å². The van der Waals surface area contributed by atoms with Crippen LogP contribution in [0, 0.1) is 0 Å². The number of fused-ring (bicyclic) bond motifs is 1. The second-order valence-corrected chi connectivity index (χ2v) is 5.23. The van der Waals surface area contributed by atoms with Crippen molar-refractivity contribution in [2.75, 3.05) is 6.61 Å². The van der Waals surface area contributed by atoms with Gasteiger partial charge in [-0.3, -0.25) is 0 Å². The molecule has 112 valence electrons. The summed E-state index contributed by atoms with van der Waals surface area (Å²) in [6.45, 7) is 4.19. The first-order chi connectivity index (χ1) is 10.7. The topological polar surface area (TPSA) is 35.5 Å². The second-order valence-electron chi connectivity index (χ2n) is 5.23. The summed E-state index contributed by atoms with van der Waals surface area (Å²) in [5.41, 5.74) is 3.95. The van der Waals surface area contributed by atoms with E-state index in [1.165, 1.54) is 0 Å². The first kappa shape index (κ1) is 14.4. The molecule has 3 rings (SSSR count). The van der Waals surface area contributed by atoms with Gasteiger partial charge in [0.1, 0.15) is 11.5 Å². The molecule has 0 unspecified atom stereocenters. The molecule has 0 bridgehead atoms. The largest absolute Gasteiger partial charge is 0.463 e. The molecule has 22 heavy (non-hydrogen) atoms. The summed E-state index contributed by atoms with van der Waals surface area (Å²) in [4.78, 5) is 12.0. The van der Waals surface area contributed by atoms with Crippen LogP contribution < -0.4 is 4.74 Å². The van der Waals surface area contributed by atoms with Crippen molar-refractivity contribution in [3.63, 3.8) is 0 Å². The number of hydrogen-bond donors (Lipinski definition) is 0. The van der Waals surface area contributed by atoms with Gasteiger partial charge in [-0.2, -0.15) is 0 Å². The standard InChI is InChI=1S/C19H18O3/c1-3-21-19(20)18-12-14-11-16(9-10-17(14)13(18)2)22-15-7-5-4-6-8-15/h4-11H,3,12H2,1-2H3. The Hall–Kier alpha value is -2.55. The SMILES string of the molecule is CCOC(=O)C1=C(C)c2ccc(Oc3ccccc3)cc2C1. The Morgan fingerprint density at radius 1 is 1.09 bits per heavy atom. The highest BCUT2D eigenvalue weighted by Crippen LogP contribution is 2.36. The molecule has 0 atom stereocenters. The summed E-state index contributed by atoms with van der Waals surface area (Å²) in [6, 6.07) is 15.6. The predicted molar refractivity (Wildman–Crippen MR) is 85.9 cm³/mol. The van der Waals surface area contributed by atoms with Crippen LogP contribution in [0.15, 0.2) is 54.1 Å². The predicted octanol–water partition coefficient (Wildman–Crippen LogP) is 4.37. The number of para-hydroxylation sites is 1. The highest BCUT2D eigenvalue weighted by molar-refractivity contribution is 6.00. The lowest BCUT2D eigenvalue weighted by Gasteiger charge is -2.08. The molecule has 0 fully saturated rings. The molecule has 0 N–H and O–H groups in total. The van der Waals surface area contributed by atoms with Crippen molar-refractivity contribution in [1.82, 2.24) is 0 Å². The van der Waals surface area contributed by atoms with Gasteiger partial charge in [0.2, 0.25) is 0 Å². The van der Waals surface area contributed by atoms with Crippen LogP contribution in [0.4, 0.5) is 0 Å². The molecule has 3 heteroatoms. The van der Waals surface area contributed by atoms with Crippen LogP contribution in [0.5, 0.6) is 11.5 Å². The zero-order valence-corrected chi connectivity index (χ0v) is 12.8. The van der Waals surface area contributed by atoms with Gasteiger partial charge in [-0.05, 0) is 54.8 Å². The van der Waals surface area contributed by atoms with Crippen molar-refractivity contribution < 1.29 is 14.3 Å². The molecular weight excluding hydrogens is 276 g/mol. The first-order valence-electron chi connectivity index (χ1n) is 7.42. The molecule has 0 heterocycles. The monoisotopic (exact) mass is 294 g/mol. The number of allylic oxidation sites excluding steroid dienone is 1. The highest BCUT2D eigenvalue weighted by Gasteiger charge is 2.24. The normalized spacial score (nSPS) is 13.0. The average Bonchev–Trinajstić information content (AvgIpc) is 2.85. The van der Waals surface area contributed by atoms with Gasteiger partial charge < -0.3 is 9.47 Å². The second kappa shape index (κ2) is 6.06. The number of benzene rings is 2. The smallest absolute Gasteiger partial charge is 0.334 e. The number of carbonyl (C=O) groups is 1. The third-order valence-electron chi connectivity index (χ3n) is 3.80. The molecule has 0 saturated carbocycles. The van der Waals surface area contributed by atoms with E-state index in [1.54, 1.807) is 0 Å². The van der Waals surface area contributed by atoms with Gasteiger partial charge in [0.15, 0.2) is 0 Å². The average molecular weight is 294 g/mol. The first-order valence-corrected chi connectivity index (χ1v) is 7.42. The minimum atomic E-state index is -0.221.